The Hall–Kier alpha value is -1.06. The van der Waals surface area contributed by atoms with Crippen molar-refractivity contribution < 1.29 is 4.42 Å². The molecule has 1 aromatic heterocycles. The summed E-state index contributed by atoms with van der Waals surface area (Å²) in [6.07, 6.45) is 1.70. The van der Waals surface area contributed by atoms with Gasteiger partial charge in [0.25, 0.3) is 0 Å². The van der Waals surface area contributed by atoms with Gasteiger partial charge in [0.05, 0.1) is 10.7 Å². The van der Waals surface area contributed by atoms with Crippen molar-refractivity contribution in [2.24, 2.45) is 0 Å². The van der Waals surface area contributed by atoms with Crippen LogP contribution < -0.4 is 5.32 Å². The average Bonchev–Trinajstić information content (AvgIpc) is 2.73. The van der Waals surface area contributed by atoms with Gasteiger partial charge in [-0.1, -0.05) is 25.1 Å². The van der Waals surface area contributed by atoms with E-state index in [1.54, 1.807) is 6.26 Å². The van der Waals surface area contributed by atoms with Gasteiger partial charge in [0.1, 0.15) is 5.76 Å². The molecule has 2 nitrogen and oxygen atoms in total. The molecule has 0 bridgehead atoms. The average molecular weight is 294 g/mol. The molecule has 17 heavy (non-hydrogen) atoms. The molecular weight excluding hydrogens is 278 g/mol. The van der Waals surface area contributed by atoms with Gasteiger partial charge in [-0.15, -0.1) is 0 Å². The first-order chi connectivity index (χ1) is 8.22. The quantitative estimate of drug-likeness (QED) is 0.917. The first-order valence-corrected chi connectivity index (χ1v) is 6.55. The van der Waals surface area contributed by atoms with Crippen molar-refractivity contribution in [3.05, 3.63) is 46.1 Å². The third-order valence-electron chi connectivity index (χ3n) is 2.73. The summed E-state index contributed by atoms with van der Waals surface area (Å²) in [6.45, 7) is 6.13. The Bertz CT molecular complexity index is 505. The largest absolute Gasteiger partial charge is 0.463 e. The Labute approximate surface area is 110 Å². The second-order valence-electron chi connectivity index (χ2n) is 4.03. The molecule has 90 valence electrons. The third kappa shape index (κ3) is 2.79. The Morgan fingerprint density at radius 2 is 2.12 bits per heavy atom. The standard InChI is InChI=1S/C14H16BrNO/c1-3-16-9-11-4-5-12(10(2)8-11)14-13(15)6-7-17-14/h4-8,16H,3,9H2,1-2H3. The monoisotopic (exact) mass is 293 g/mol. The fraction of sp³-hybridized carbons (Fsp3) is 0.286. The lowest BCUT2D eigenvalue weighted by Crippen LogP contribution is -2.11. The fourth-order valence-corrected chi connectivity index (χ4v) is 2.26. The Morgan fingerprint density at radius 3 is 2.71 bits per heavy atom. The van der Waals surface area contributed by atoms with E-state index in [1.165, 1.54) is 11.1 Å². The van der Waals surface area contributed by atoms with Gasteiger partial charge in [-0.25, -0.2) is 0 Å². The molecule has 0 aliphatic carbocycles. The van der Waals surface area contributed by atoms with Crippen LogP contribution in [-0.4, -0.2) is 6.54 Å². The molecule has 0 amide bonds. The molecule has 0 aliphatic rings. The number of benzene rings is 1. The van der Waals surface area contributed by atoms with E-state index < -0.39 is 0 Å². The van der Waals surface area contributed by atoms with Crippen LogP contribution in [0.15, 0.2) is 39.4 Å². The van der Waals surface area contributed by atoms with Crippen molar-refractivity contribution in [2.45, 2.75) is 20.4 Å². The molecule has 0 saturated carbocycles. The lowest BCUT2D eigenvalue weighted by Gasteiger charge is -2.07. The first kappa shape index (κ1) is 12.4. The van der Waals surface area contributed by atoms with E-state index in [-0.39, 0.29) is 0 Å². The summed E-state index contributed by atoms with van der Waals surface area (Å²) in [4.78, 5) is 0. The maximum Gasteiger partial charge on any atom is 0.148 e. The highest BCUT2D eigenvalue weighted by Gasteiger charge is 2.09. The molecule has 0 fully saturated rings. The molecule has 3 heteroatoms. The van der Waals surface area contributed by atoms with Crippen molar-refractivity contribution in [3.8, 4) is 11.3 Å². The van der Waals surface area contributed by atoms with Crippen LogP contribution in [-0.2, 0) is 6.54 Å². The minimum Gasteiger partial charge on any atom is -0.463 e. The van der Waals surface area contributed by atoms with Gasteiger partial charge in [-0.3, -0.25) is 0 Å². The Balaban J connectivity index is 2.29. The number of nitrogens with one attached hydrogen (secondary N) is 1. The predicted octanol–water partition coefficient (Wildman–Crippen LogP) is 4.13. The topological polar surface area (TPSA) is 25.2 Å². The van der Waals surface area contributed by atoms with Crippen LogP contribution >= 0.6 is 15.9 Å². The molecule has 0 spiro atoms. The number of aryl methyl sites for hydroxylation is 1. The van der Waals surface area contributed by atoms with Crippen LogP contribution in [0, 0.1) is 6.92 Å². The van der Waals surface area contributed by atoms with Crippen molar-refractivity contribution >= 4 is 15.9 Å². The molecule has 1 N–H and O–H groups in total. The number of hydrogen-bond acceptors (Lipinski definition) is 2. The van der Waals surface area contributed by atoms with Gasteiger partial charge >= 0.3 is 0 Å². The molecule has 0 saturated heterocycles. The highest BCUT2D eigenvalue weighted by molar-refractivity contribution is 9.10. The van der Waals surface area contributed by atoms with Crippen LogP contribution in [0.3, 0.4) is 0 Å². The summed E-state index contributed by atoms with van der Waals surface area (Å²) in [7, 11) is 0. The van der Waals surface area contributed by atoms with E-state index in [2.05, 4.69) is 53.3 Å². The van der Waals surface area contributed by atoms with Crippen molar-refractivity contribution in [1.82, 2.24) is 5.32 Å². The zero-order chi connectivity index (χ0) is 12.3. The zero-order valence-electron chi connectivity index (χ0n) is 10.1. The Morgan fingerprint density at radius 1 is 1.29 bits per heavy atom. The Kier molecular flexibility index (Phi) is 4.02. The smallest absolute Gasteiger partial charge is 0.148 e. The molecule has 0 radical (unpaired) electrons. The highest BCUT2D eigenvalue weighted by atomic mass is 79.9. The molecule has 2 rings (SSSR count). The van der Waals surface area contributed by atoms with Crippen molar-refractivity contribution in [2.75, 3.05) is 6.54 Å². The highest BCUT2D eigenvalue weighted by Crippen LogP contribution is 2.31. The van der Waals surface area contributed by atoms with E-state index in [4.69, 9.17) is 4.42 Å². The minimum absolute atomic E-state index is 0.900. The molecular formula is C14H16BrNO. The maximum absolute atomic E-state index is 5.49. The van der Waals surface area contributed by atoms with Crippen LogP contribution in [0.5, 0.6) is 0 Å². The maximum atomic E-state index is 5.49. The number of rotatable bonds is 4. The lowest BCUT2D eigenvalue weighted by molar-refractivity contribution is 0.580. The van der Waals surface area contributed by atoms with Crippen LogP contribution in [0.4, 0.5) is 0 Å². The molecule has 0 aliphatic heterocycles. The zero-order valence-corrected chi connectivity index (χ0v) is 11.7. The van der Waals surface area contributed by atoms with E-state index >= 15 is 0 Å². The van der Waals surface area contributed by atoms with Crippen molar-refractivity contribution in [3.63, 3.8) is 0 Å². The van der Waals surface area contributed by atoms with Crippen LogP contribution in [0.1, 0.15) is 18.1 Å². The summed E-state index contributed by atoms with van der Waals surface area (Å²) in [6, 6.07) is 8.37. The summed E-state index contributed by atoms with van der Waals surface area (Å²) in [5.41, 5.74) is 3.67. The fourth-order valence-electron chi connectivity index (χ4n) is 1.85. The molecule has 2 aromatic rings. The summed E-state index contributed by atoms with van der Waals surface area (Å²) < 4.78 is 6.49. The SMILES string of the molecule is CCNCc1ccc(-c2occc2Br)c(C)c1. The number of furan rings is 1. The van der Waals surface area contributed by atoms with E-state index in [9.17, 15) is 0 Å². The van der Waals surface area contributed by atoms with Gasteiger partial charge in [0.2, 0.25) is 0 Å². The van der Waals surface area contributed by atoms with E-state index in [0.717, 1.165) is 28.9 Å². The van der Waals surface area contributed by atoms with Gasteiger partial charge < -0.3 is 9.73 Å². The molecule has 1 aromatic carbocycles. The number of halogens is 1. The molecule has 0 unspecified atom stereocenters. The normalized spacial score (nSPS) is 10.8. The summed E-state index contributed by atoms with van der Waals surface area (Å²) >= 11 is 3.49. The van der Waals surface area contributed by atoms with Gasteiger partial charge in [0, 0.05) is 12.1 Å². The number of hydrogen-bond donors (Lipinski definition) is 1. The second-order valence-corrected chi connectivity index (χ2v) is 4.88. The molecule has 0 atom stereocenters. The van der Waals surface area contributed by atoms with E-state index in [1.807, 2.05) is 6.07 Å². The van der Waals surface area contributed by atoms with Crippen LogP contribution in [0.2, 0.25) is 0 Å². The van der Waals surface area contributed by atoms with Gasteiger partial charge in [0.15, 0.2) is 0 Å². The predicted molar refractivity (Wildman–Crippen MR) is 74.0 cm³/mol. The second kappa shape index (κ2) is 5.52. The first-order valence-electron chi connectivity index (χ1n) is 5.76. The minimum atomic E-state index is 0.900. The van der Waals surface area contributed by atoms with Crippen LogP contribution in [0.25, 0.3) is 11.3 Å². The molecule has 1 heterocycles. The van der Waals surface area contributed by atoms with E-state index in [0.29, 0.717) is 0 Å². The summed E-state index contributed by atoms with van der Waals surface area (Å²) in [5, 5.41) is 3.32. The lowest BCUT2D eigenvalue weighted by atomic mass is 10.0. The summed E-state index contributed by atoms with van der Waals surface area (Å²) in [5.74, 6) is 0.900. The van der Waals surface area contributed by atoms with Crippen molar-refractivity contribution in [1.29, 1.82) is 0 Å². The third-order valence-corrected chi connectivity index (χ3v) is 3.36. The van der Waals surface area contributed by atoms with Gasteiger partial charge in [-0.2, -0.15) is 0 Å². The van der Waals surface area contributed by atoms with Gasteiger partial charge in [-0.05, 0) is 46.6 Å².